The molecule has 3 N–H and O–H groups in total. The largest absolute Gasteiger partial charge is 0.494 e. The van der Waals surface area contributed by atoms with E-state index in [1.807, 2.05) is 32.9 Å². The van der Waals surface area contributed by atoms with Crippen molar-refractivity contribution in [2.24, 2.45) is 0 Å². The first-order chi connectivity index (χ1) is 27.7. The number of halogens is 2. The van der Waals surface area contributed by atoms with Crippen LogP contribution in [0.4, 0.5) is 31.8 Å². The van der Waals surface area contributed by atoms with Gasteiger partial charge in [0.25, 0.3) is 20.1 Å². The van der Waals surface area contributed by atoms with Gasteiger partial charge in [-0.25, -0.2) is 32.2 Å². The Labute approximate surface area is 352 Å². The van der Waals surface area contributed by atoms with Gasteiger partial charge in [0.15, 0.2) is 4.90 Å². The highest BCUT2D eigenvalue weighted by atomic mass is 32.2. The lowest BCUT2D eigenvalue weighted by molar-refractivity contribution is 0.272. The molecule has 5 aromatic rings. The molecule has 22 heteroatoms. The van der Waals surface area contributed by atoms with Gasteiger partial charge in [-0.2, -0.15) is 16.8 Å². The summed E-state index contributed by atoms with van der Waals surface area (Å²) in [5, 5.41) is 3.97. The lowest BCUT2D eigenvalue weighted by Gasteiger charge is -2.37. The molecule has 0 unspecified atom stereocenters. The van der Waals surface area contributed by atoms with E-state index in [9.17, 15) is 34.0 Å². The van der Waals surface area contributed by atoms with Crippen molar-refractivity contribution < 1.29 is 48.5 Å². The number of hydrogen-bond donors (Lipinski definition) is 1. The van der Waals surface area contributed by atoms with E-state index in [0.29, 0.717) is 64.2 Å². The van der Waals surface area contributed by atoms with Crippen LogP contribution in [0.25, 0.3) is 21.8 Å². The highest BCUT2D eigenvalue weighted by Gasteiger charge is 2.35. The molecule has 16 nitrogen and oxygen atoms in total. The number of sulfone groups is 1. The standard InChI is InChI=1S/C38H43F2N7O8S4.H2O/c1-24(2)37-44-34(26-9-7-10-27(22-26)47(55-58(6,50)51)59(52,53)36-28(39)11-8-12-29(36)40)35(56-37)30-13-14-41-38(42-30)43-31-21-25(3)32(23-33(31)54-4)46-17-15-45(16-18-46)19-20-57(5,48)49;/h7-14,21-24H,15-20H2,1-6H3,(H,41,42,43);1H2. The molecular weight excluding hydrogens is 865 g/mol. The maximum Gasteiger partial charge on any atom is 0.293 e. The third kappa shape index (κ3) is 10.7. The Bertz CT molecular complexity index is 2670. The normalized spacial score (nSPS) is 13.9. The number of piperazine rings is 1. The molecule has 0 aliphatic carbocycles. The van der Waals surface area contributed by atoms with Gasteiger partial charge in [0.2, 0.25) is 5.95 Å². The molecule has 1 saturated heterocycles. The number of nitrogens with one attached hydrogen (secondary N) is 1. The van der Waals surface area contributed by atoms with Crippen LogP contribution in [0.3, 0.4) is 0 Å². The number of nitrogens with zero attached hydrogens (tertiary/aromatic N) is 6. The van der Waals surface area contributed by atoms with Crippen LogP contribution in [0.2, 0.25) is 0 Å². The second-order valence-electron chi connectivity index (χ2n) is 14.2. The smallest absolute Gasteiger partial charge is 0.293 e. The fourth-order valence-corrected chi connectivity index (χ4v) is 10.2. The monoisotopic (exact) mass is 909 g/mol. The van der Waals surface area contributed by atoms with Crippen LogP contribution in [0.5, 0.6) is 5.75 Å². The van der Waals surface area contributed by atoms with E-state index in [-0.39, 0.29) is 33.3 Å². The predicted molar refractivity (Wildman–Crippen MR) is 228 cm³/mol. The van der Waals surface area contributed by atoms with Crippen molar-refractivity contribution in [2.75, 3.05) is 72.8 Å². The molecular formula is C38H45F2N7O9S4. The molecule has 3 heterocycles. The number of hydrogen-bond acceptors (Lipinski definition) is 15. The summed E-state index contributed by atoms with van der Waals surface area (Å²) < 4.78 is 116. The minimum absolute atomic E-state index is 0. The Morgan fingerprint density at radius 2 is 1.58 bits per heavy atom. The van der Waals surface area contributed by atoms with Gasteiger partial charge in [0, 0.05) is 68.4 Å². The predicted octanol–water partition coefficient (Wildman–Crippen LogP) is 5.16. The SMILES string of the molecule is COc1cc(N2CCN(CCS(C)(=O)=O)CC2)c(C)cc1Nc1nccc(-c2sc(C(C)C)nc2-c2cccc(N(OS(C)(=O)=O)S(=O)(=O)c3c(F)cccc3F)c2)n1.O. The molecule has 0 saturated carbocycles. The summed E-state index contributed by atoms with van der Waals surface area (Å²) in [6.45, 7) is 9.25. The maximum absolute atomic E-state index is 14.8. The Morgan fingerprint density at radius 1 is 0.917 bits per heavy atom. The Hall–Kier alpha value is -4.84. The zero-order valence-electron chi connectivity index (χ0n) is 33.5. The number of benzene rings is 3. The van der Waals surface area contributed by atoms with Crippen molar-refractivity contribution in [3.63, 3.8) is 0 Å². The van der Waals surface area contributed by atoms with Crippen molar-refractivity contribution in [2.45, 2.75) is 31.6 Å². The molecule has 3 aromatic carbocycles. The van der Waals surface area contributed by atoms with Crippen LogP contribution in [-0.4, -0.2) is 109 Å². The summed E-state index contributed by atoms with van der Waals surface area (Å²) in [5.41, 5.74) is 3.33. The number of aryl methyl sites for hydroxylation is 1. The van der Waals surface area contributed by atoms with Crippen molar-refractivity contribution in [1.82, 2.24) is 19.9 Å². The highest BCUT2D eigenvalue weighted by Crippen LogP contribution is 2.41. The summed E-state index contributed by atoms with van der Waals surface area (Å²) in [4.78, 5) is 17.7. The first-order valence-electron chi connectivity index (χ1n) is 18.2. The van der Waals surface area contributed by atoms with Crippen LogP contribution in [0, 0.1) is 18.6 Å². The summed E-state index contributed by atoms with van der Waals surface area (Å²) in [7, 11) is -11.3. The Balaban J connectivity index is 0.00000683. The van der Waals surface area contributed by atoms with Gasteiger partial charge in [-0.3, -0.25) is 4.90 Å². The fourth-order valence-electron chi connectivity index (χ4n) is 6.33. The van der Waals surface area contributed by atoms with Crippen LogP contribution in [-0.2, 0) is 34.3 Å². The number of thiazole rings is 1. The van der Waals surface area contributed by atoms with E-state index < -0.39 is 46.5 Å². The maximum atomic E-state index is 14.8. The van der Waals surface area contributed by atoms with Crippen LogP contribution in [0.1, 0.15) is 30.3 Å². The quantitative estimate of drug-likeness (QED) is 0.135. The molecule has 0 spiro atoms. The van der Waals surface area contributed by atoms with E-state index >= 15 is 0 Å². The second-order valence-corrected chi connectivity index (χ2v) is 20.7. The Morgan fingerprint density at radius 3 is 2.20 bits per heavy atom. The third-order valence-corrected chi connectivity index (χ3v) is 13.7. The molecule has 1 fully saturated rings. The minimum atomic E-state index is -5.28. The highest BCUT2D eigenvalue weighted by molar-refractivity contribution is 7.93. The summed E-state index contributed by atoms with van der Waals surface area (Å²) in [5.74, 6) is -2.02. The number of aromatic nitrogens is 3. The van der Waals surface area contributed by atoms with E-state index in [4.69, 9.17) is 19.0 Å². The number of anilines is 4. The van der Waals surface area contributed by atoms with Gasteiger partial charge in [0.1, 0.15) is 27.2 Å². The van der Waals surface area contributed by atoms with Gasteiger partial charge < -0.3 is 20.4 Å². The van der Waals surface area contributed by atoms with Gasteiger partial charge in [-0.1, -0.05) is 32.0 Å². The van der Waals surface area contributed by atoms with Crippen molar-refractivity contribution >= 4 is 64.3 Å². The molecule has 324 valence electrons. The molecule has 0 amide bonds. The van der Waals surface area contributed by atoms with Gasteiger partial charge in [-0.05, 0) is 48.9 Å². The van der Waals surface area contributed by atoms with Crippen LogP contribution < -0.4 is 19.4 Å². The molecule has 2 aromatic heterocycles. The number of methoxy groups -OCH3 is 1. The van der Waals surface area contributed by atoms with Crippen LogP contribution in [0.15, 0.2) is 71.8 Å². The summed E-state index contributed by atoms with van der Waals surface area (Å²) >= 11 is 1.34. The molecule has 1 aliphatic heterocycles. The van der Waals surface area contributed by atoms with Crippen LogP contribution >= 0.6 is 11.3 Å². The first kappa shape index (κ1) is 46.2. The zero-order valence-corrected chi connectivity index (χ0v) is 36.8. The average Bonchev–Trinajstić information content (AvgIpc) is 3.62. The second kappa shape index (κ2) is 18.4. The molecule has 6 rings (SSSR count). The van der Waals surface area contributed by atoms with Gasteiger partial charge >= 0.3 is 0 Å². The third-order valence-electron chi connectivity index (χ3n) is 9.21. The number of sulfonamides is 1. The van der Waals surface area contributed by atoms with E-state index in [1.54, 1.807) is 25.4 Å². The number of rotatable bonds is 15. The van der Waals surface area contributed by atoms with E-state index in [2.05, 4.69) is 20.1 Å². The number of ether oxygens (including phenoxy) is 1. The van der Waals surface area contributed by atoms with Gasteiger partial charge in [0.05, 0.1) is 51.8 Å². The van der Waals surface area contributed by atoms with E-state index in [0.717, 1.165) is 42.5 Å². The molecule has 0 radical (unpaired) electrons. The topological polar surface area (TPSA) is 213 Å². The summed E-state index contributed by atoms with van der Waals surface area (Å²) in [6, 6.07) is 13.5. The Kier molecular flexibility index (Phi) is 14.2. The van der Waals surface area contributed by atoms with Gasteiger partial charge in [-0.15, -0.1) is 20.1 Å². The fraction of sp³-hybridized carbons (Fsp3) is 0.342. The van der Waals surface area contributed by atoms with Crippen molar-refractivity contribution in [3.8, 4) is 27.6 Å². The first-order valence-corrected chi connectivity index (χ1v) is 24.3. The zero-order chi connectivity index (χ0) is 42.9. The van der Waals surface area contributed by atoms with Crippen molar-refractivity contribution in [3.05, 3.63) is 89.1 Å². The lowest BCUT2D eigenvalue weighted by atomic mass is 10.1. The van der Waals surface area contributed by atoms with E-state index in [1.165, 1.54) is 35.8 Å². The molecule has 1 aliphatic rings. The molecule has 0 bridgehead atoms. The van der Waals surface area contributed by atoms with Crippen molar-refractivity contribution in [1.29, 1.82) is 0 Å². The average molecular weight is 910 g/mol. The minimum Gasteiger partial charge on any atom is -0.494 e. The lowest BCUT2D eigenvalue weighted by Crippen LogP contribution is -2.47. The molecule has 60 heavy (non-hydrogen) atoms. The molecule has 0 atom stereocenters. The summed E-state index contributed by atoms with van der Waals surface area (Å²) in [6.07, 6.45) is 3.41.